The summed E-state index contributed by atoms with van der Waals surface area (Å²) in [5.74, 6) is -0.136. The van der Waals surface area contributed by atoms with E-state index >= 15 is 0 Å². The van der Waals surface area contributed by atoms with Gasteiger partial charge in [0.2, 0.25) is 0 Å². The van der Waals surface area contributed by atoms with Crippen molar-refractivity contribution in [3.8, 4) is 5.69 Å². The third-order valence-corrected chi connectivity index (χ3v) is 4.86. The molecular weight excluding hydrogens is 392 g/mol. The first kappa shape index (κ1) is 20.7. The molecule has 7 heteroatoms. The number of benzene rings is 1. The Kier molecular flexibility index (Phi) is 7.45. The molecule has 0 radical (unpaired) electrons. The van der Waals surface area contributed by atoms with Crippen LogP contribution >= 0.6 is 28.3 Å². The van der Waals surface area contributed by atoms with Gasteiger partial charge in [0.05, 0.1) is 23.1 Å². The van der Waals surface area contributed by atoms with Crippen LogP contribution in [0.1, 0.15) is 42.7 Å². The number of carbonyl (C=O) groups excluding carboxylic acids is 1. The smallest absolute Gasteiger partial charge is 0.254 e. The van der Waals surface area contributed by atoms with Crippen molar-refractivity contribution >= 4 is 34.2 Å². The molecule has 0 atom stereocenters. The Morgan fingerprint density at radius 3 is 2.42 bits per heavy atom. The summed E-state index contributed by atoms with van der Waals surface area (Å²) in [5.41, 5.74) is 8.17. The Bertz CT molecular complexity index is 680. The van der Waals surface area contributed by atoms with E-state index in [1.807, 2.05) is 45.0 Å². The quantitative estimate of drug-likeness (QED) is 0.757. The summed E-state index contributed by atoms with van der Waals surface area (Å²) >= 11 is 3.41. The van der Waals surface area contributed by atoms with Crippen molar-refractivity contribution in [2.24, 2.45) is 5.73 Å². The molecule has 1 aromatic carbocycles. The molecule has 0 saturated carbocycles. The normalized spacial score (nSPS) is 11.0. The number of carbonyl (C=O) groups is 1. The van der Waals surface area contributed by atoms with Gasteiger partial charge in [-0.05, 0) is 44.0 Å². The van der Waals surface area contributed by atoms with Crippen LogP contribution in [0.4, 0.5) is 0 Å². The van der Waals surface area contributed by atoms with Crippen LogP contribution in [0.5, 0.6) is 0 Å². The summed E-state index contributed by atoms with van der Waals surface area (Å²) in [6.07, 6.45) is 3.24. The summed E-state index contributed by atoms with van der Waals surface area (Å²) in [6.45, 7) is 6.42. The number of hydrogen-bond donors (Lipinski definition) is 2. The first-order valence-electron chi connectivity index (χ1n) is 7.78. The van der Waals surface area contributed by atoms with E-state index in [1.165, 1.54) is 0 Å². The summed E-state index contributed by atoms with van der Waals surface area (Å²) in [4.78, 5) is 12.4. The molecule has 132 valence electrons. The third-order valence-electron chi connectivity index (χ3n) is 4.33. The molecule has 0 spiro atoms. The minimum atomic E-state index is -0.356. The van der Waals surface area contributed by atoms with E-state index in [4.69, 9.17) is 5.73 Å². The second-order valence-corrected chi connectivity index (χ2v) is 6.70. The Balaban J connectivity index is 0.00000288. The Morgan fingerprint density at radius 1 is 1.29 bits per heavy atom. The van der Waals surface area contributed by atoms with Gasteiger partial charge in [0.15, 0.2) is 0 Å². The molecule has 1 heterocycles. The van der Waals surface area contributed by atoms with Crippen molar-refractivity contribution < 1.29 is 4.79 Å². The molecule has 3 N–H and O–H groups in total. The molecule has 5 nitrogen and oxygen atoms in total. The number of nitrogens with two attached hydrogens (primary N) is 1. The maximum atomic E-state index is 12.4. The molecule has 2 aromatic rings. The van der Waals surface area contributed by atoms with Crippen LogP contribution in [0.15, 0.2) is 34.9 Å². The van der Waals surface area contributed by atoms with E-state index < -0.39 is 0 Å². The SMILES string of the molecule is CCC(N)(CC)CNC(=O)c1cnn(-c2ccc(Br)cc2)c1C.Cl. The fraction of sp³-hybridized carbons (Fsp3) is 0.412. The lowest BCUT2D eigenvalue weighted by Crippen LogP contribution is -2.49. The zero-order chi connectivity index (χ0) is 17.0. The molecule has 0 aliphatic rings. The highest BCUT2D eigenvalue weighted by molar-refractivity contribution is 9.10. The molecule has 0 aliphatic carbocycles. The van der Waals surface area contributed by atoms with Crippen LogP contribution in [0.25, 0.3) is 5.69 Å². The summed E-state index contributed by atoms with van der Waals surface area (Å²) in [5, 5.41) is 7.26. The van der Waals surface area contributed by atoms with Crippen LogP contribution < -0.4 is 11.1 Å². The second kappa shape index (κ2) is 8.65. The number of nitrogens with one attached hydrogen (secondary N) is 1. The van der Waals surface area contributed by atoms with Crippen LogP contribution in [0.3, 0.4) is 0 Å². The van der Waals surface area contributed by atoms with Gasteiger partial charge in [-0.2, -0.15) is 5.10 Å². The fourth-order valence-corrected chi connectivity index (χ4v) is 2.59. The third kappa shape index (κ3) is 4.59. The van der Waals surface area contributed by atoms with E-state index in [0.717, 1.165) is 28.7 Å². The number of rotatable bonds is 6. The van der Waals surface area contributed by atoms with Gasteiger partial charge in [-0.1, -0.05) is 29.8 Å². The van der Waals surface area contributed by atoms with Crippen LogP contribution in [-0.4, -0.2) is 27.8 Å². The van der Waals surface area contributed by atoms with Gasteiger partial charge in [0.1, 0.15) is 0 Å². The first-order chi connectivity index (χ1) is 10.9. The molecule has 0 fully saturated rings. The van der Waals surface area contributed by atoms with Crippen molar-refractivity contribution in [3.63, 3.8) is 0 Å². The van der Waals surface area contributed by atoms with Crippen LogP contribution in [0, 0.1) is 6.92 Å². The van der Waals surface area contributed by atoms with Gasteiger partial charge < -0.3 is 11.1 Å². The fourth-order valence-electron chi connectivity index (χ4n) is 2.33. The predicted molar refractivity (Wildman–Crippen MR) is 103 cm³/mol. The van der Waals surface area contributed by atoms with E-state index in [2.05, 4.69) is 26.3 Å². The highest BCUT2D eigenvalue weighted by Gasteiger charge is 2.22. The standard InChI is InChI=1S/C17H23BrN4O.ClH/c1-4-17(19,5-2)11-20-16(23)15-10-21-22(12(15)3)14-8-6-13(18)7-9-14;/h6-10H,4-5,11,19H2,1-3H3,(H,20,23);1H. The second-order valence-electron chi connectivity index (χ2n) is 5.78. The maximum Gasteiger partial charge on any atom is 0.254 e. The summed E-state index contributed by atoms with van der Waals surface area (Å²) in [7, 11) is 0. The Morgan fingerprint density at radius 2 is 1.88 bits per heavy atom. The predicted octanol–water partition coefficient (Wildman–Crippen LogP) is 3.61. The minimum absolute atomic E-state index is 0. The minimum Gasteiger partial charge on any atom is -0.350 e. The monoisotopic (exact) mass is 414 g/mol. The van der Waals surface area contributed by atoms with Gasteiger partial charge in [-0.3, -0.25) is 4.79 Å². The Hall–Kier alpha value is -1.37. The molecular formula is C17H24BrClN4O. The molecule has 0 bridgehead atoms. The zero-order valence-electron chi connectivity index (χ0n) is 14.2. The molecule has 24 heavy (non-hydrogen) atoms. The molecule has 0 saturated heterocycles. The Labute approximate surface area is 157 Å². The number of aromatic nitrogens is 2. The maximum absolute atomic E-state index is 12.4. The first-order valence-corrected chi connectivity index (χ1v) is 8.57. The lowest BCUT2D eigenvalue weighted by Gasteiger charge is -2.26. The van der Waals surface area contributed by atoms with Crippen molar-refractivity contribution in [2.75, 3.05) is 6.54 Å². The van der Waals surface area contributed by atoms with Crippen molar-refractivity contribution in [1.82, 2.24) is 15.1 Å². The number of hydrogen-bond acceptors (Lipinski definition) is 3. The highest BCUT2D eigenvalue weighted by Crippen LogP contribution is 2.17. The van der Waals surface area contributed by atoms with Crippen molar-refractivity contribution in [2.45, 2.75) is 39.2 Å². The van der Waals surface area contributed by atoms with Crippen LogP contribution in [-0.2, 0) is 0 Å². The number of nitrogens with zero attached hydrogens (tertiary/aromatic N) is 2. The van der Waals surface area contributed by atoms with Gasteiger partial charge in [-0.15, -0.1) is 12.4 Å². The van der Waals surface area contributed by atoms with Gasteiger partial charge >= 0.3 is 0 Å². The van der Waals surface area contributed by atoms with E-state index in [9.17, 15) is 4.79 Å². The van der Waals surface area contributed by atoms with Gasteiger partial charge in [-0.25, -0.2) is 4.68 Å². The average molecular weight is 416 g/mol. The summed E-state index contributed by atoms with van der Waals surface area (Å²) in [6, 6.07) is 7.79. The van der Waals surface area contributed by atoms with Crippen molar-refractivity contribution in [3.05, 3.63) is 46.2 Å². The molecule has 1 aromatic heterocycles. The van der Waals surface area contributed by atoms with Gasteiger partial charge in [0, 0.05) is 16.6 Å². The molecule has 2 rings (SSSR count). The average Bonchev–Trinajstić information content (AvgIpc) is 2.95. The van der Waals surface area contributed by atoms with Gasteiger partial charge in [0.25, 0.3) is 5.91 Å². The molecule has 0 aliphatic heterocycles. The molecule has 0 unspecified atom stereocenters. The summed E-state index contributed by atoms with van der Waals surface area (Å²) < 4.78 is 2.76. The number of halogens is 2. The zero-order valence-corrected chi connectivity index (χ0v) is 16.6. The van der Waals surface area contributed by atoms with E-state index in [0.29, 0.717) is 12.1 Å². The van der Waals surface area contributed by atoms with E-state index in [-0.39, 0.29) is 23.9 Å². The number of amides is 1. The lowest BCUT2D eigenvalue weighted by molar-refractivity contribution is 0.0941. The van der Waals surface area contributed by atoms with Crippen molar-refractivity contribution in [1.29, 1.82) is 0 Å². The van der Waals surface area contributed by atoms with Crippen LogP contribution in [0.2, 0.25) is 0 Å². The highest BCUT2D eigenvalue weighted by atomic mass is 79.9. The molecule has 1 amide bonds. The largest absolute Gasteiger partial charge is 0.350 e. The van der Waals surface area contributed by atoms with E-state index in [1.54, 1.807) is 10.9 Å². The topological polar surface area (TPSA) is 72.9 Å². The lowest BCUT2D eigenvalue weighted by atomic mass is 9.94.